The van der Waals surface area contributed by atoms with Gasteiger partial charge in [-0.1, -0.05) is 0 Å². The average molecular weight is 275 g/mol. The van der Waals surface area contributed by atoms with Crippen molar-refractivity contribution in [3.05, 3.63) is 29.6 Å². The van der Waals surface area contributed by atoms with Gasteiger partial charge in [0.15, 0.2) is 0 Å². The van der Waals surface area contributed by atoms with Crippen LogP contribution in [-0.4, -0.2) is 40.3 Å². The van der Waals surface area contributed by atoms with Crippen LogP contribution < -0.4 is 5.32 Å². The van der Waals surface area contributed by atoms with E-state index in [-0.39, 0.29) is 17.4 Å². The number of aromatic nitrogens is 1. The molecule has 2 amide bonds. The Hall–Kier alpha value is -1.91. The van der Waals surface area contributed by atoms with Crippen molar-refractivity contribution in [1.82, 2.24) is 15.2 Å². The quantitative estimate of drug-likeness (QED) is 0.896. The van der Waals surface area contributed by atoms with Gasteiger partial charge in [0.2, 0.25) is 0 Å². The molecular weight excluding hydrogens is 254 g/mol. The number of likely N-dealkylation sites (tertiary alicyclic amines) is 1. The Morgan fingerprint density at radius 1 is 1.15 bits per heavy atom. The number of nitrogens with zero attached hydrogens (tertiary/aromatic N) is 2. The molecule has 0 radical (unpaired) electrons. The first-order valence-corrected chi connectivity index (χ1v) is 6.94. The maximum Gasteiger partial charge on any atom is 0.255 e. The van der Waals surface area contributed by atoms with Crippen molar-refractivity contribution in [1.29, 1.82) is 0 Å². The first kappa shape index (κ1) is 14.5. The van der Waals surface area contributed by atoms with Crippen molar-refractivity contribution in [3.63, 3.8) is 0 Å². The Kier molecular flexibility index (Phi) is 4.06. The fourth-order valence-corrected chi connectivity index (χ4v) is 2.20. The summed E-state index contributed by atoms with van der Waals surface area (Å²) in [5.74, 6) is -0.249. The van der Waals surface area contributed by atoms with Gasteiger partial charge in [-0.15, -0.1) is 0 Å². The SMILES string of the molecule is CC(C)(C)NC(=O)c1cncc(C(=O)N2CCCC2)c1. The molecule has 0 unspecified atom stereocenters. The van der Waals surface area contributed by atoms with Gasteiger partial charge in [0.1, 0.15) is 0 Å². The second-order valence-electron chi connectivity index (χ2n) is 6.17. The second kappa shape index (κ2) is 5.61. The molecule has 5 nitrogen and oxygen atoms in total. The monoisotopic (exact) mass is 275 g/mol. The van der Waals surface area contributed by atoms with E-state index in [9.17, 15) is 9.59 Å². The minimum absolute atomic E-state index is 0.0413. The maximum atomic E-state index is 12.3. The van der Waals surface area contributed by atoms with E-state index in [1.165, 1.54) is 12.4 Å². The van der Waals surface area contributed by atoms with Crippen molar-refractivity contribution in [2.24, 2.45) is 0 Å². The topological polar surface area (TPSA) is 62.3 Å². The Bertz CT molecular complexity index is 514. The largest absolute Gasteiger partial charge is 0.347 e. The van der Waals surface area contributed by atoms with E-state index in [0.717, 1.165) is 25.9 Å². The number of rotatable bonds is 2. The highest BCUT2D eigenvalue weighted by atomic mass is 16.2. The van der Waals surface area contributed by atoms with Crippen molar-refractivity contribution < 1.29 is 9.59 Å². The number of carbonyl (C=O) groups excluding carboxylic acids is 2. The lowest BCUT2D eigenvalue weighted by Crippen LogP contribution is -2.40. The summed E-state index contributed by atoms with van der Waals surface area (Å²) in [4.78, 5) is 30.2. The summed E-state index contributed by atoms with van der Waals surface area (Å²) < 4.78 is 0. The van der Waals surface area contributed by atoms with Crippen LogP contribution in [0.4, 0.5) is 0 Å². The summed E-state index contributed by atoms with van der Waals surface area (Å²) in [5.41, 5.74) is 0.588. The number of nitrogens with one attached hydrogen (secondary N) is 1. The molecular formula is C15H21N3O2. The van der Waals surface area contributed by atoms with Crippen LogP contribution in [-0.2, 0) is 0 Å². The third kappa shape index (κ3) is 3.56. The minimum Gasteiger partial charge on any atom is -0.347 e. The summed E-state index contributed by atoms with van der Waals surface area (Å²) in [5, 5.41) is 2.87. The molecule has 1 aromatic heterocycles. The van der Waals surface area contributed by atoms with E-state index in [0.29, 0.717) is 11.1 Å². The van der Waals surface area contributed by atoms with E-state index in [4.69, 9.17) is 0 Å². The lowest BCUT2D eigenvalue weighted by Gasteiger charge is -2.20. The third-order valence-electron chi connectivity index (χ3n) is 3.13. The van der Waals surface area contributed by atoms with Gasteiger partial charge in [0.05, 0.1) is 11.1 Å². The summed E-state index contributed by atoms with van der Waals surface area (Å²) >= 11 is 0. The highest BCUT2D eigenvalue weighted by molar-refractivity contribution is 5.99. The van der Waals surface area contributed by atoms with E-state index in [1.54, 1.807) is 6.07 Å². The van der Waals surface area contributed by atoms with Gasteiger partial charge in [-0.05, 0) is 39.7 Å². The molecule has 1 saturated heterocycles. The molecule has 0 atom stereocenters. The normalized spacial score (nSPS) is 15.2. The molecule has 1 aliphatic heterocycles. The van der Waals surface area contributed by atoms with Gasteiger partial charge in [-0.2, -0.15) is 0 Å². The molecule has 0 saturated carbocycles. The van der Waals surface area contributed by atoms with E-state index >= 15 is 0 Å². The van der Waals surface area contributed by atoms with Crippen LogP contribution in [0.15, 0.2) is 18.5 Å². The standard InChI is InChI=1S/C15H21N3O2/c1-15(2,3)17-13(19)11-8-12(10-16-9-11)14(20)18-6-4-5-7-18/h8-10H,4-7H2,1-3H3,(H,17,19). The molecule has 1 aromatic rings. The lowest BCUT2D eigenvalue weighted by molar-refractivity contribution is 0.0792. The van der Waals surface area contributed by atoms with Crippen molar-refractivity contribution in [3.8, 4) is 0 Å². The molecule has 1 N–H and O–H groups in total. The van der Waals surface area contributed by atoms with Gasteiger partial charge in [-0.3, -0.25) is 14.6 Å². The van der Waals surface area contributed by atoms with Crippen molar-refractivity contribution in [2.45, 2.75) is 39.2 Å². The minimum atomic E-state index is -0.313. The Morgan fingerprint density at radius 2 is 1.75 bits per heavy atom. The van der Waals surface area contributed by atoms with Gasteiger partial charge >= 0.3 is 0 Å². The van der Waals surface area contributed by atoms with Gasteiger partial charge < -0.3 is 10.2 Å². The number of carbonyl (C=O) groups is 2. The smallest absolute Gasteiger partial charge is 0.255 e. The predicted molar refractivity (Wildman–Crippen MR) is 76.6 cm³/mol. The Balaban J connectivity index is 2.15. The van der Waals surface area contributed by atoms with Crippen molar-refractivity contribution >= 4 is 11.8 Å². The van der Waals surface area contributed by atoms with Crippen LogP contribution in [0.3, 0.4) is 0 Å². The first-order valence-electron chi connectivity index (χ1n) is 6.94. The van der Waals surface area contributed by atoms with E-state index in [2.05, 4.69) is 10.3 Å². The van der Waals surface area contributed by atoms with Crippen LogP contribution in [0.1, 0.15) is 54.3 Å². The van der Waals surface area contributed by atoms with Crippen molar-refractivity contribution in [2.75, 3.05) is 13.1 Å². The number of amides is 2. The predicted octanol–water partition coefficient (Wildman–Crippen LogP) is 1.85. The zero-order chi connectivity index (χ0) is 14.8. The lowest BCUT2D eigenvalue weighted by atomic mass is 10.1. The second-order valence-corrected chi connectivity index (χ2v) is 6.17. The molecule has 0 aromatic carbocycles. The summed E-state index contributed by atoms with van der Waals surface area (Å²) in [6.07, 6.45) is 5.10. The molecule has 2 heterocycles. The van der Waals surface area contributed by atoms with Crippen LogP contribution in [0, 0.1) is 0 Å². The fourth-order valence-electron chi connectivity index (χ4n) is 2.20. The summed E-state index contributed by atoms with van der Waals surface area (Å²) in [6, 6.07) is 1.62. The van der Waals surface area contributed by atoms with Crippen LogP contribution in [0.5, 0.6) is 0 Å². The van der Waals surface area contributed by atoms with Gasteiger partial charge in [-0.25, -0.2) is 0 Å². The maximum absolute atomic E-state index is 12.3. The molecule has 0 bridgehead atoms. The molecule has 0 aliphatic carbocycles. The number of hydrogen-bond acceptors (Lipinski definition) is 3. The average Bonchev–Trinajstić information content (AvgIpc) is 2.90. The van der Waals surface area contributed by atoms with E-state index < -0.39 is 0 Å². The Labute approximate surface area is 119 Å². The molecule has 2 rings (SSSR count). The van der Waals surface area contributed by atoms with Gasteiger partial charge in [0, 0.05) is 31.0 Å². The summed E-state index contributed by atoms with van der Waals surface area (Å²) in [6.45, 7) is 7.32. The zero-order valence-corrected chi connectivity index (χ0v) is 12.3. The van der Waals surface area contributed by atoms with Crippen LogP contribution >= 0.6 is 0 Å². The molecule has 108 valence electrons. The zero-order valence-electron chi connectivity index (χ0n) is 12.3. The molecule has 0 spiro atoms. The highest BCUT2D eigenvalue weighted by Crippen LogP contribution is 2.13. The first-order chi connectivity index (χ1) is 9.37. The summed E-state index contributed by atoms with van der Waals surface area (Å²) in [7, 11) is 0. The van der Waals surface area contributed by atoms with Crippen LogP contribution in [0.2, 0.25) is 0 Å². The molecule has 20 heavy (non-hydrogen) atoms. The molecule has 1 aliphatic rings. The number of pyridine rings is 1. The van der Waals surface area contributed by atoms with Crippen LogP contribution in [0.25, 0.3) is 0 Å². The highest BCUT2D eigenvalue weighted by Gasteiger charge is 2.21. The Morgan fingerprint density at radius 3 is 2.35 bits per heavy atom. The third-order valence-corrected chi connectivity index (χ3v) is 3.13. The molecule has 5 heteroatoms. The van der Waals surface area contributed by atoms with Gasteiger partial charge in [0.25, 0.3) is 11.8 Å². The fraction of sp³-hybridized carbons (Fsp3) is 0.533. The molecule has 1 fully saturated rings. The van der Waals surface area contributed by atoms with E-state index in [1.807, 2.05) is 25.7 Å². The number of hydrogen-bond donors (Lipinski definition) is 1.